The average molecular weight is 320 g/mol. The highest BCUT2D eigenvalue weighted by atomic mass is 32.2. The summed E-state index contributed by atoms with van der Waals surface area (Å²) in [7, 11) is -4.62. The number of halogens is 2. The second kappa shape index (κ2) is 6.48. The summed E-state index contributed by atoms with van der Waals surface area (Å²) in [5, 5.41) is 5.58. The lowest BCUT2D eigenvalue weighted by molar-refractivity contribution is -0.121. The molecule has 1 aromatic carbocycles. The van der Waals surface area contributed by atoms with Crippen molar-refractivity contribution in [1.82, 2.24) is 5.32 Å². The molecule has 0 aliphatic rings. The highest BCUT2D eigenvalue weighted by molar-refractivity contribution is 7.91. The van der Waals surface area contributed by atoms with Crippen molar-refractivity contribution in [3.63, 3.8) is 0 Å². The van der Waals surface area contributed by atoms with E-state index in [0.29, 0.717) is 12.2 Å². The molecule has 5 nitrogen and oxygen atoms in total. The number of anilines is 1. The van der Waals surface area contributed by atoms with Gasteiger partial charge < -0.3 is 10.6 Å². The fraction of sp³-hybridized carbons (Fsp3) is 0.462. The number of hydrogen-bond donors (Lipinski definition) is 2. The van der Waals surface area contributed by atoms with Gasteiger partial charge in [-0.05, 0) is 44.7 Å². The van der Waals surface area contributed by atoms with Crippen LogP contribution in [0.25, 0.3) is 0 Å². The first-order valence-electron chi connectivity index (χ1n) is 6.30. The maximum Gasteiger partial charge on any atom is 0.341 e. The van der Waals surface area contributed by atoms with Crippen LogP contribution in [0.15, 0.2) is 29.2 Å². The number of rotatable bonds is 6. The third-order valence-corrected chi connectivity index (χ3v) is 4.26. The Morgan fingerprint density at radius 2 is 1.76 bits per heavy atom. The number of benzene rings is 1. The first kappa shape index (κ1) is 17.5. The standard InChI is InChI=1S/C13H18F2N2O3S/c1-4-16-13(2,3)11(18)17-9-5-7-10(8-6-9)21(19,20)12(14)15/h5-8,12,16H,4H2,1-3H3,(H,17,18). The predicted octanol–water partition coefficient (Wildman–Crippen LogP) is 2.01. The maximum absolute atomic E-state index is 12.4. The van der Waals surface area contributed by atoms with Gasteiger partial charge in [0, 0.05) is 5.69 Å². The summed E-state index contributed by atoms with van der Waals surface area (Å²) in [6.07, 6.45) is 0. The third kappa shape index (κ3) is 4.21. The van der Waals surface area contributed by atoms with Crippen LogP contribution in [0.2, 0.25) is 0 Å². The van der Waals surface area contributed by atoms with Crippen molar-refractivity contribution in [3.05, 3.63) is 24.3 Å². The summed E-state index contributed by atoms with van der Waals surface area (Å²) >= 11 is 0. The van der Waals surface area contributed by atoms with Crippen molar-refractivity contribution in [2.75, 3.05) is 11.9 Å². The molecule has 1 aromatic rings. The van der Waals surface area contributed by atoms with E-state index in [0.717, 1.165) is 12.1 Å². The van der Waals surface area contributed by atoms with E-state index < -0.39 is 26.0 Å². The number of carbonyl (C=O) groups excluding carboxylic acids is 1. The van der Waals surface area contributed by atoms with Gasteiger partial charge in [-0.25, -0.2) is 8.42 Å². The Morgan fingerprint density at radius 1 is 1.24 bits per heavy atom. The Balaban J connectivity index is 2.88. The molecule has 1 rings (SSSR count). The molecule has 0 radical (unpaired) electrons. The van der Waals surface area contributed by atoms with Crippen LogP contribution in [0, 0.1) is 0 Å². The largest absolute Gasteiger partial charge is 0.341 e. The van der Waals surface area contributed by atoms with E-state index in [1.165, 1.54) is 12.1 Å². The minimum atomic E-state index is -4.62. The second-order valence-electron chi connectivity index (χ2n) is 4.94. The molecule has 0 saturated carbocycles. The lowest BCUT2D eigenvalue weighted by atomic mass is 10.0. The normalized spacial score (nSPS) is 12.5. The van der Waals surface area contributed by atoms with Gasteiger partial charge in [0.1, 0.15) is 0 Å². The lowest BCUT2D eigenvalue weighted by Gasteiger charge is -2.24. The van der Waals surface area contributed by atoms with E-state index in [4.69, 9.17) is 0 Å². The predicted molar refractivity (Wildman–Crippen MR) is 76.0 cm³/mol. The number of alkyl halides is 2. The molecule has 8 heteroatoms. The number of nitrogens with one attached hydrogen (secondary N) is 2. The first-order valence-corrected chi connectivity index (χ1v) is 7.84. The van der Waals surface area contributed by atoms with Crippen molar-refractivity contribution in [3.8, 4) is 0 Å². The monoisotopic (exact) mass is 320 g/mol. The number of carbonyl (C=O) groups is 1. The van der Waals surface area contributed by atoms with Crippen molar-refractivity contribution in [1.29, 1.82) is 0 Å². The molecule has 1 amide bonds. The van der Waals surface area contributed by atoms with Crippen molar-refractivity contribution in [2.24, 2.45) is 0 Å². The molecule has 0 aromatic heterocycles. The Kier molecular flexibility index (Phi) is 5.41. The van der Waals surface area contributed by atoms with Gasteiger partial charge in [-0.2, -0.15) is 8.78 Å². The molecule has 2 N–H and O–H groups in total. The number of likely N-dealkylation sites (N-methyl/N-ethyl adjacent to an activating group) is 1. The zero-order valence-corrected chi connectivity index (χ0v) is 12.8. The summed E-state index contributed by atoms with van der Waals surface area (Å²) in [6, 6.07) is 4.62. The minimum Gasteiger partial charge on any atom is -0.325 e. The fourth-order valence-electron chi connectivity index (χ4n) is 1.64. The summed E-state index contributed by atoms with van der Waals surface area (Å²) in [4.78, 5) is 11.5. The lowest BCUT2D eigenvalue weighted by Crippen LogP contribution is -2.49. The highest BCUT2D eigenvalue weighted by Crippen LogP contribution is 2.20. The van der Waals surface area contributed by atoms with Gasteiger partial charge in [-0.3, -0.25) is 4.79 Å². The van der Waals surface area contributed by atoms with Crippen LogP contribution in [0.1, 0.15) is 20.8 Å². The van der Waals surface area contributed by atoms with Crippen LogP contribution in [-0.4, -0.2) is 32.2 Å². The van der Waals surface area contributed by atoms with E-state index >= 15 is 0 Å². The molecule has 0 saturated heterocycles. The molecule has 0 spiro atoms. The third-order valence-electron chi connectivity index (χ3n) is 2.86. The molecular weight excluding hydrogens is 302 g/mol. The van der Waals surface area contributed by atoms with Gasteiger partial charge in [-0.1, -0.05) is 6.92 Å². The van der Waals surface area contributed by atoms with Crippen LogP contribution in [0.3, 0.4) is 0 Å². The minimum absolute atomic E-state index is 0.311. The van der Waals surface area contributed by atoms with Crippen molar-refractivity contribution >= 4 is 21.4 Å². The van der Waals surface area contributed by atoms with Crippen LogP contribution < -0.4 is 10.6 Å². The van der Waals surface area contributed by atoms with Crippen LogP contribution in [-0.2, 0) is 14.6 Å². The maximum atomic E-state index is 12.4. The van der Waals surface area contributed by atoms with E-state index in [2.05, 4.69) is 10.6 Å². The summed E-state index contributed by atoms with van der Waals surface area (Å²) in [5.41, 5.74) is -0.471. The van der Waals surface area contributed by atoms with Gasteiger partial charge in [-0.15, -0.1) is 0 Å². The Morgan fingerprint density at radius 3 is 2.19 bits per heavy atom. The van der Waals surface area contributed by atoms with Crippen LogP contribution in [0.5, 0.6) is 0 Å². The molecule has 0 heterocycles. The quantitative estimate of drug-likeness (QED) is 0.841. The first-order chi connectivity index (χ1) is 9.61. The van der Waals surface area contributed by atoms with Crippen molar-refractivity contribution < 1.29 is 22.0 Å². The van der Waals surface area contributed by atoms with Crippen LogP contribution in [0.4, 0.5) is 14.5 Å². The molecule has 0 bridgehead atoms. The summed E-state index contributed by atoms with van der Waals surface area (Å²) < 4.78 is 47.3. The molecule has 118 valence electrons. The fourth-order valence-corrected chi connectivity index (χ4v) is 2.36. The van der Waals surface area contributed by atoms with Crippen LogP contribution >= 0.6 is 0 Å². The average Bonchev–Trinajstić information content (AvgIpc) is 2.39. The topological polar surface area (TPSA) is 75.3 Å². The van der Waals surface area contributed by atoms with Gasteiger partial charge in [0.25, 0.3) is 0 Å². The van der Waals surface area contributed by atoms with Crippen molar-refractivity contribution in [2.45, 2.75) is 37.0 Å². The number of amides is 1. The molecular formula is C13H18F2N2O3S. The molecule has 0 fully saturated rings. The SMILES string of the molecule is CCNC(C)(C)C(=O)Nc1ccc(S(=O)(=O)C(F)F)cc1. The second-order valence-corrected chi connectivity index (χ2v) is 6.86. The highest BCUT2D eigenvalue weighted by Gasteiger charge is 2.28. The number of sulfone groups is 1. The molecule has 0 atom stereocenters. The molecule has 0 aliphatic heterocycles. The zero-order valence-electron chi connectivity index (χ0n) is 12.0. The molecule has 0 aliphatic carbocycles. The van der Waals surface area contributed by atoms with E-state index in [1.807, 2.05) is 6.92 Å². The Labute approximate surface area is 122 Å². The molecule has 0 unspecified atom stereocenters. The van der Waals surface area contributed by atoms with Gasteiger partial charge in [0.05, 0.1) is 10.4 Å². The summed E-state index contributed by atoms with van der Waals surface area (Å²) in [6.45, 7) is 5.86. The van der Waals surface area contributed by atoms with Gasteiger partial charge >= 0.3 is 5.76 Å². The Bertz CT molecular complexity index is 598. The van der Waals surface area contributed by atoms with Gasteiger partial charge in [0.15, 0.2) is 0 Å². The van der Waals surface area contributed by atoms with Gasteiger partial charge in [0.2, 0.25) is 15.7 Å². The Hall–Kier alpha value is -1.54. The smallest absolute Gasteiger partial charge is 0.325 e. The van der Waals surface area contributed by atoms with E-state index in [1.54, 1.807) is 13.8 Å². The summed E-state index contributed by atoms with van der Waals surface area (Å²) in [5.74, 6) is -3.78. The molecule has 21 heavy (non-hydrogen) atoms. The number of hydrogen-bond acceptors (Lipinski definition) is 4. The zero-order chi connectivity index (χ0) is 16.3. The van der Waals surface area contributed by atoms with E-state index in [9.17, 15) is 22.0 Å². The van der Waals surface area contributed by atoms with E-state index in [-0.39, 0.29) is 5.91 Å².